The molecule has 0 N–H and O–H groups in total. The van der Waals surface area contributed by atoms with Crippen LogP contribution in [-0.2, 0) is 4.79 Å². The second-order valence-corrected chi connectivity index (χ2v) is 6.11. The smallest absolute Gasteiger partial charge is 0.240 e. The Labute approximate surface area is 147 Å². The summed E-state index contributed by atoms with van der Waals surface area (Å²) in [5, 5.41) is 6.14. The van der Waals surface area contributed by atoms with E-state index in [0.717, 1.165) is 22.6 Å². The van der Waals surface area contributed by atoms with E-state index < -0.39 is 0 Å². The fourth-order valence-electron chi connectivity index (χ4n) is 3.05. The molecule has 25 heavy (non-hydrogen) atoms. The third kappa shape index (κ3) is 3.36. The molecule has 0 aliphatic carbocycles. The first-order valence-electron chi connectivity index (χ1n) is 8.19. The summed E-state index contributed by atoms with van der Waals surface area (Å²) in [7, 11) is 3.25. The molecule has 0 radical (unpaired) electrons. The number of ether oxygens (including phenoxy) is 2. The summed E-state index contributed by atoms with van der Waals surface area (Å²) < 4.78 is 10.8. The number of amides is 1. The molecule has 1 aliphatic heterocycles. The van der Waals surface area contributed by atoms with Gasteiger partial charge >= 0.3 is 0 Å². The maximum atomic E-state index is 12.1. The lowest BCUT2D eigenvalue weighted by atomic mass is 9.97. The van der Waals surface area contributed by atoms with Crippen molar-refractivity contribution in [1.82, 2.24) is 5.01 Å². The fraction of sp³-hybridized carbons (Fsp3) is 0.300. The summed E-state index contributed by atoms with van der Waals surface area (Å²) in [5.41, 5.74) is 3.92. The highest BCUT2D eigenvalue weighted by atomic mass is 16.5. The molecule has 1 atom stereocenters. The van der Waals surface area contributed by atoms with Crippen molar-refractivity contribution in [2.75, 3.05) is 14.2 Å². The number of methoxy groups -OCH3 is 2. The minimum Gasteiger partial charge on any atom is -0.497 e. The summed E-state index contributed by atoms with van der Waals surface area (Å²) >= 11 is 0. The number of benzene rings is 2. The molecule has 1 amide bonds. The SMILES string of the molecule is COc1ccc(OC)c(C2=NN(C(C)=O)[C@H](c3ccc(C)cc3)C2)c1. The topological polar surface area (TPSA) is 51.1 Å². The number of nitrogens with zero attached hydrogens (tertiary/aromatic N) is 2. The molecular weight excluding hydrogens is 316 g/mol. The molecule has 0 saturated carbocycles. The maximum absolute atomic E-state index is 12.1. The zero-order chi connectivity index (χ0) is 18.0. The summed E-state index contributed by atoms with van der Waals surface area (Å²) in [6.07, 6.45) is 0.631. The monoisotopic (exact) mass is 338 g/mol. The lowest BCUT2D eigenvalue weighted by Crippen LogP contribution is -2.24. The van der Waals surface area contributed by atoms with Crippen LogP contribution in [0.3, 0.4) is 0 Å². The van der Waals surface area contributed by atoms with Crippen LogP contribution in [0.2, 0.25) is 0 Å². The average Bonchev–Trinajstić information content (AvgIpc) is 3.07. The first-order chi connectivity index (χ1) is 12.0. The van der Waals surface area contributed by atoms with Gasteiger partial charge in [0, 0.05) is 18.9 Å². The van der Waals surface area contributed by atoms with E-state index in [2.05, 4.69) is 29.4 Å². The van der Waals surface area contributed by atoms with Gasteiger partial charge in [0.1, 0.15) is 11.5 Å². The molecule has 0 fully saturated rings. The number of aryl methyl sites for hydroxylation is 1. The van der Waals surface area contributed by atoms with E-state index in [0.29, 0.717) is 12.2 Å². The minimum absolute atomic E-state index is 0.0811. The number of carbonyl (C=O) groups is 1. The second kappa shape index (κ2) is 6.97. The van der Waals surface area contributed by atoms with Gasteiger partial charge < -0.3 is 9.47 Å². The van der Waals surface area contributed by atoms with Crippen LogP contribution in [0, 0.1) is 6.92 Å². The predicted molar refractivity (Wildman–Crippen MR) is 97.1 cm³/mol. The van der Waals surface area contributed by atoms with Crippen LogP contribution in [-0.4, -0.2) is 30.8 Å². The molecule has 2 aromatic rings. The van der Waals surface area contributed by atoms with Gasteiger partial charge in [-0.2, -0.15) is 5.10 Å². The molecule has 3 rings (SSSR count). The quantitative estimate of drug-likeness (QED) is 0.854. The van der Waals surface area contributed by atoms with Gasteiger partial charge in [-0.05, 0) is 30.7 Å². The van der Waals surface area contributed by atoms with Gasteiger partial charge in [0.15, 0.2) is 0 Å². The Kier molecular flexibility index (Phi) is 4.74. The van der Waals surface area contributed by atoms with Crippen molar-refractivity contribution in [2.24, 2.45) is 5.10 Å². The first-order valence-corrected chi connectivity index (χ1v) is 8.19. The van der Waals surface area contributed by atoms with Crippen molar-refractivity contribution in [2.45, 2.75) is 26.3 Å². The first kappa shape index (κ1) is 17.0. The average molecular weight is 338 g/mol. The van der Waals surface area contributed by atoms with Crippen molar-refractivity contribution < 1.29 is 14.3 Å². The highest BCUT2D eigenvalue weighted by Crippen LogP contribution is 2.36. The van der Waals surface area contributed by atoms with E-state index in [1.54, 1.807) is 19.2 Å². The van der Waals surface area contributed by atoms with Gasteiger partial charge in [-0.25, -0.2) is 5.01 Å². The van der Waals surface area contributed by atoms with Crippen LogP contribution in [0.25, 0.3) is 0 Å². The standard InChI is InChI=1S/C20H22N2O3/c1-13-5-7-15(8-6-13)19-12-18(21-22(19)14(2)23)17-11-16(24-3)9-10-20(17)25-4/h5-11,19H,12H2,1-4H3/t19-/m0/s1. The molecular formula is C20H22N2O3. The molecule has 0 bridgehead atoms. The lowest BCUT2D eigenvalue weighted by Gasteiger charge is -2.20. The summed E-state index contributed by atoms with van der Waals surface area (Å²) in [6, 6.07) is 13.7. The fourth-order valence-corrected chi connectivity index (χ4v) is 3.05. The molecule has 0 spiro atoms. The lowest BCUT2D eigenvalue weighted by molar-refractivity contribution is -0.130. The van der Waals surface area contributed by atoms with E-state index >= 15 is 0 Å². The van der Waals surface area contributed by atoms with E-state index in [-0.39, 0.29) is 11.9 Å². The van der Waals surface area contributed by atoms with Crippen LogP contribution in [0.15, 0.2) is 47.6 Å². The zero-order valence-electron chi connectivity index (χ0n) is 14.9. The Balaban J connectivity index is 2.00. The number of hydrogen-bond acceptors (Lipinski definition) is 4. The Bertz CT molecular complexity index is 812. The molecule has 5 nitrogen and oxygen atoms in total. The maximum Gasteiger partial charge on any atom is 0.240 e. The Morgan fingerprint density at radius 1 is 1.12 bits per heavy atom. The summed E-state index contributed by atoms with van der Waals surface area (Å²) in [5.74, 6) is 1.36. The van der Waals surface area contributed by atoms with Crippen LogP contribution >= 0.6 is 0 Å². The van der Waals surface area contributed by atoms with E-state index in [1.165, 1.54) is 12.5 Å². The molecule has 130 valence electrons. The summed E-state index contributed by atoms with van der Waals surface area (Å²) in [6.45, 7) is 3.58. The predicted octanol–water partition coefficient (Wildman–Crippen LogP) is 3.71. The van der Waals surface area contributed by atoms with Gasteiger partial charge in [0.05, 0.1) is 26.0 Å². The Morgan fingerprint density at radius 2 is 1.84 bits per heavy atom. The van der Waals surface area contributed by atoms with Crippen molar-refractivity contribution in [3.8, 4) is 11.5 Å². The van der Waals surface area contributed by atoms with Gasteiger partial charge in [-0.1, -0.05) is 29.8 Å². The van der Waals surface area contributed by atoms with Crippen LogP contribution in [0.1, 0.15) is 36.1 Å². The van der Waals surface area contributed by atoms with E-state index in [4.69, 9.17) is 9.47 Å². The van der Waals surface area contributed by atoms with Gasteiger partial charge in [-0.15, -0.1) is 0 Å². The molecule has 1 heterocycles. The van der Waals surface area contributed by atoms with Crippen molar-refractivity contribution in [1.29, 1.82) is 0 Å². The van der Waals surface area contributed by atoms with Crippen LogP contribution in [0.4, 0.5) is 0 Å². The minimum atomic E-state index is -0.107. The van der Waals surface area contributed by atoms with Crippen molar-refractivity contribution >= 4 is 11.6 Å². The van der Waals surface area contributed by atoms with Gasteiger partial charge in [0.25, 0.3) is 0 Å². The third-order valence-electron chi connectivity index (χ3n) is 4.41. The highest BCUT2D eigenvalue weighted by molar-refractivity contribution is 6.05. The number of carbonyl (C=O) groups excluding carboxylic acids is 1. The van der Waals surface area contributed by atoms with Crippen molar-refractivity contribution in [3.63, 3.8) is 0 Å². The highest BCUT2D eigenvalue weighted by Gasteiger charge is 2.32. The van der Waals surface area contributed by atoms with Crippen molar-refractivity contribution in [3.05, 3.63) is 59.2 Å². The molecule has 0 aromatic heterocycles. The number of hydrogen-bond donors (Lipinski definition) is 0. The normalized spacial score (nSPS) is 16.6. The number of rotatable bonds is 4. The van der Waals surface area contributed by atoms with Crippen LogP contribution in [0.5, 0.6) is 11.5 Å². The molecule has 1 aliphatic rings. The summed E-state index contributed by atoms with van der Waals surface area (Å²) in [4.78, 5) is 12.1. The van der Waals surface area contributed by atoms with E-state index in [9.17, 15) is 4.79 Å². The Morgan fingerprint density at radius 3 is 2.44 bits per heavy atom. The van der Waals surface area contributed by atoms with Gasteiger partial charge in [-0.3, -0.25) is 4.79 Å². The molecule has 5 heteroatoms. The van der Waals surface area contributed by atoms with Gasteiger partial charge in [0.2, 0.25) is 5.91 Å². The molecule has 2 aromatic carbocycles. The largest absolute Gasteiger partial charge is 0.497 e. The second-order valence-electron chi connectivity index (χ2n) is 6.11. The number of hydrazone groups is 1. The third-order valence-corrected chi connectivity index (χ3v) is 4.41. The molecule has 0 unspecified atom stereocenters. The zero-order valence-corrected chi connectivity index (χ0v) is 14.9. The van der Waals surface area contributed by atoms with E-state index in [1.807, 2.05) is 25.1 Å². The Hall–Kier alpha value is -2.82. The van der Waals surface area contributed by atoms with Crippen LogP contribution < -0.4 is 9.47 Å². The molecule has 0 saturated heterocycles.